The van der Waals surface area contributed by atoms with Crippen LogP contribution in [0.2, 0.25) is 0 Å². The molecule has 1 aliphatic heterocycles. The summed E-state index contributed by atoms with van der Waals surface area (Å²) >= 11 is 0. The Morgan fingerprint density at radius 1 is 1.29 bits per heavy atom. The molecule has 4 unspecified atom stereocenters. The summed E-state index contributed by atoms with van der Waals surface area (Å²) in [7, 11) is 0. The molecule has 2 aliphatic rings. The highest BCUT2D eigenvalue weighted by Gasteiger charge is 2.31. The van der Waals surface area contributed by atoms with E-state index >= 15 is 0 Å². The molecule has 122 valence electrons. The minimum atomic E-state index is 0.283. The molecule has 1 saturated heterocycles. The zero-order chi connectivity index (χ0) is 15.2. The van der Waals surface area contributed by atoms with Gasteiger partial charge in [0.05, 0.1) is 0 Å². The summed E-state index contributed by atoms with van der Waals surface area (Å²) < 4.78 is 0. The first-order valence-corrected chi connectivity index (χ1v) is 9.06. The van der Waals surface area contributed by atoms with E-state index in [0.717, 1.165) is 25.4 Å². The Kier molecular flexibility index (Phi) is 6.53. The van der Waals surface area contributed by atoms with Crippen LogP contribution in [0.5, 0.6) is 0 Å². The Balaban J connectivity index is 1.76. The number of rotatable bonds is 5. The van der Waals surface area contributed by atoms with Crippen molar-refractivity contribution < 1.29 is 4.79 Å². The van der Waals surface area contributed by atoms with Crippen molar-refractivity contribution in [2.75, 3.05) is 13.1 Å². The van der Waals surface area contributed by atoms with Gasteiger partial charge in [0.15, 0.2) is 0 Å². The Hall–Kier alpha value is -0.570. The average Bonchev–Trinajstić information content (AvgIpc) is 2.46. The van der Waals surface area contributed by atoms with E-state index in [0.29, 0.717) is 30.2 Å². The number of piperidine rings is 1. The van der Waals surface area contributed by atoms with Crippen LogP contribution in [0.25, 0.3) is 0 Å². The van der Waals surface area contributed by atoms with Crippen molar-refractivity contribution in [1.29, 1.82) is 0 Å². The van der Waals surface area contributed by atoms with E-state index in [-0.39, 0.29) is 5.91 Å². The lowest BCUT2D eigenvalue weighted by Gasteiger charge is -2.38. The number of nitrogens with one attached hydrogen (secondary N) is 2. The van der Waals surface area contributed by atoms with Crippen molar-refractivity contribution in [2.24, 2.45) is 23.7 Å². The summed E-state index contributed by atoms with van der Waals surface area (Å²) in [6.07, 6.45) is 8.07. The van der Waals surface area contributed by atoms with Crippen LogP contribution in [0.15, 0.2) is 0 Å². The number of hydrogen-bond donors (Lipinski definition) is 2. The highest BCUT2D eigenvalue weighted by molar-refractivity contribution is 5.76. The molecule has 1 heterocycles. The van der Waals surface area contributed by atoms with E-state index in [9.17, 15) is 4.79 Å². The standard InChI is InChI=1S/C18H34N2O/c1-13(2)16-8-6-14(3)11-17(16)20-18(21)9-7-15-5-4-10-19-12-15/h13-17,19H,4-12H2,1-3H3,(H,20,21). The Morgan fingerprint density at radius 2 is 2.10 bits per heavy atom. The van der Waals surface area contributed by atoms with Gasteiger partial charge in [0.25, 0.3) is 0 Å². The predicted molar refractivity (Wildman–Crippen MR) is 88.1 cm³/mol. The molecule has 1 saturated carbocycles. The summed E-state index contributed by atoms with van der Waals surface area (Å²) in [5.74, 6) is 3.08. The third kappa shape index (κ3) is 5.28. The maximum absolute atomic E-state index is 12.3. The molecule has 3 nitrogen and oxygen atoms in total. The second-order valence-corrected chi connectivity index (χ2v) is 7.75. The Bertz CT molecular complexity index is 323. The normalized spacial score (nSPS) is 33.9. The first-order chi connectivity index (χ1) is 10.1. The number of hydrogen-bond acceptors (Lipinski definition) is 2. The Labute approximate surface area is 130 Å². The van der Waals surface area contributed by atoms with Crippen LogP contribution in [0, 0.1) is 23.7 Å². The molecule has 4 atom stereocenters. The van der Waals surface area contributed by atoms with Crippen LogP contribution in [0.4, 0.5) is 0 Å². The molecular formula is C18H34N2O. The quantitative estimate of drug-likeness (QED) is 0.816. The van der Waals surface area contributed by atoms with Gasteiger partial charge in [-0.25, -0.2) is 0 Å². The van der Waals surface area contributed by atoms with Gasteiger partial charge in [0.2, 0.25) is 5.91 Å². The molecule has 0 bridgehead atoms. The van der Waals surface area contributed by atoms with Gasteiger partial charge in [0, 0.05) is 12.5 Å². The van der Waals surface area contributed by atoms with E-state index in [1.165, 1.54) is 32.1 Å². The molecule has 2 rings (SSSR count). The molecule has 0 aromatic rings. The average molecular weight is 294 g/mol. The summed E-state index contributed by atoms with van der Waals surface area (Å²) in [5, 5.41) is 6.80. The highest BCUT2D eigenvalue weighted by atomic mass is 16.1. The lowest BCUT2D eigenvalue weighted by molar-refractivity contribution is -0.123. The largest absolute Gasteiger partial charge is 0.353 e. The van der Waals surface area contributed by atoms with Crippen molar-refractivity contribution in [3.05, 3.63) is 0 Å². The molecule has 21 heavy (non-hydrogen) atoms. The van der Waals surface area contributed by atoms with Gasteiger partial charge in [-0.15, -0.1) is 0 Å². The van der Waals surface area contributed by atoms with E-state index in [1.807, 2.05) is 0 Å². The first kappa shape index (κ1) is 16.8. The lowest BCUT2D eigenvalue weighted by Crippen LogP contribution is -2.45. The molecule has 0 radical (unpaired) electrons. The summed E-state index contributed by atoms with van der Waals surface area (Å²) in [4.78, 5) is 12.3. The fourth-order valence-corrected chi connectivity index (χ4v) is 4.15. The van der Waals surface area contributed by atoms with Gasteiger partial charge in [-0.3, -0.25) is 4.79 Å². The van der Waals surface area contributed by atoms with Gasteiger partial charge in [-0.2, -0.15) is 0 Å². The van der Waals surface area contributed by atoms with Gasteiger partial charge in [0.1, 0.15) is 0 Å². The summed E-state index contributed by atoms with van der Waals surface area (Å²) in [6.45, 7) is 9.17. The maximum Gasteiger partial charge on any atom is 0.220 e. The van der Waals surface area contributed by atoms with Crippen molar-refractivity contribution in [1.82, 2.24) is 10.6 Å². The monoisotopic (exact) mass is 294 g/mol. The molecule has 0 spiro atoms. The van der Waals surface area contributed by atoms with Crippen molar-refractivity contribution in [3.8, 4) is 0 Å². The fourth-order valence-electron chi connectivity index (χ4n) is 4.15. The van der Waals surface area contributed by atoms with Crippen molar-refractivity contribution in [3.63, 3.8) is 0 Å². The molecule has 2 N–H and O–H groups in total. The van der Waals surface area contributed by atoms with Gasteiger partial charge < -0.3 is 10.6 Å². The van der Waals surface area contributed by atoms with Gasteiger partial charge in [-0.05, 0) is 68.9 Å². The highest BCUT2D eigenvalue weighted by Crippen LogP contribution is 2.33. The molecular weight excluding hydrogens is 260 g/mol. The van der Waals surface area contributed by atoms with E-state index in [1.54, 1.807) is 0 Å². The van der Waals surface area contributed by atoms with Gasteiger partial charge >= 0.3 is 0 Å². The van der Waals surface area contributed by atoms with Gasteiger partial charge in [-0.1, -0.05) is 27.2 Å². The zero-order valence-electron chi connectivity index (χ0n) is 14.2. The molecule has 3 heteroatoms. The Morgan fingerprint density at radius 3 is 2.76 bits per heavy atom. The van der Waals surface area contributed by atoms with Crippen LogP contribution < -0.4 is 10.6 Å². The molecule has 0 aromatic heterocycles. The maximum atomic E-state index is 12.3. The number of carbonyl (C=O) groups is 1. The predicted octanol–water partition coefficient (Wildman–Crippen LogP) is 3.34. The van der Waals surface area contributed by atoms with Crippen LogP contribution in [0.1, 0.15) is 65.7 Å². The topological polar surface area (TPSA) is 41.1 Å². The van der Waals surface area contributed by atoms with Crippen LogP contribution in [-0.4, -0.2) is 25.0 Å². The van der Waals surface area contributed by atoms with E-state index < -0.39 is 0 Å². The molecule has 1 amide bonds. The third-order valence-corrected chi connectivity index (χ3v) is 5.55. The molecule has 2 fully saturated rings. The SMILES string of the molecule is CC1CCC(C(C)C)C(NC(=O)CCC2CCCNC2)C1. The smallest absolute Gasteiger partial charge is 0.220 e. The van der Waals surface area contributed by atoms with Crippen LogP contribution >= 0.6 is 0 Å². The van der Waals surface area contributed by atoms with Crippen LogP contribution in [0.3, 0.4) is 0 Å². The molecule has 0 aromatic carbocycles. The fraction of sp³-hybridized carbons (Fsp3) is 0.944. The second kappa shape index (κ2) is 8.17. The van der Waals surface area contributed by atoms with E-state index in [4.69, 9.17) is 0 Å². The van der Waals surface area contributed by atoms with Crippen molar-refractivity contribution >= 4 is 5.91 Å². The minimum Gasteiger partial charge on any atom is -0.353 e. The zero-order valence-corrected chi connectivity index (χ0v) is 14.2. The number of amides is 1. The minimum absolute atomic E-state index is 0.283. The third-order valence-electron chi connectivity index (χ3n) is 5.55. The lowest BCUT2D eigenvalue weighted by atomic mass is 9.74. The summed E-state index contributed by atoms with van der Waals surface area (Å²) in [5.41, 5.74) is 0. The second-order valence-electron chi connectivity index (χ2n) is 7.75. The first-order valence-electron chi connectivity index (χ1n) is 9.06. The molecule has 1 aliphatic carbocycles. The number of carbonyl (C=O) groups excluding carboxylic acids is 1. The summed E-state index contributed by atoms with van der Waals surface area (Å²) in [6, 6.07) is 0.408. The van der Waals surface area contributed by atoms with Crippen molar-refractivity contribution in [2.45, 2.75) is 71.8 Å². The van der Waals surface area contributed by atoms with E-state index in [2.05, 4.69) is 31.4 Å². The van der Waals surface area contributed by atoms with Crippen LogP contribution in [-0.2, 0) is 4.79 Å².